The van der Waals surface area contributed by atoms with E-state index in [2.05, 4.69) is 28.0 Å². The van der Waals surface area contributed by atoms with Crippen LogP contribution in [0.25, 0.3) is 0 Å². The summed E-state index contributed by atoms with van der Waals surface area (Å²) in [5.41, 5.74) is -0.105. The van der Waals surface area contributed by atoms with Crippen molar-refractivity contribution in [2.75, 3.05) is 59.2 Å². The van der Waals surface area contributed by atoms with Gasteiger partial charge in [0.15, 0.2) is 0 Å². The predicted octanol–water partition coefficient (Wildman–Crippen LogP) is 1.65. The van der Waals surface area contributed by atoms with Gasteiger partial charge in [-0.05, 0) is 43.9 Å². The number of hydrogen-bond acceptors (Lipinski definition) is 7. The van der Waals surface area contributed by atoms with E-state index in [9.17, 15) is 10.2 Å². The summed E-state index contributed by atoms with van der Waals surface area (Å²) < 4.78 is 17.4. The van der Waals surface area contributed by atoms with Crippen LogP contribution < -0.4 is 4.74 Å². The van der Waals surface area contributed by atoms with Crippen molar-refractivity contribution >= 4 is 0 Å². The predicted molar refractivity (Wildman–Crippen MR) is 118 cm³/mol. The summed E-state index contributed by atoms with van der Waals surface area (Å²) in [6.45, 7) is 10.2. The largest absolute Gasteiger partial charge is 0.494 e. The van der Waals surface area contributed by atoms with Gasteiger partial charge in [0.1, 0.15) is 11.9 Å². The molecule has 0 aromatic heterocycles. The van der Waals surface area contributed by atoms with Gasteiger partial charge in [0.2, 0.25) is 0 Å². The van der Waals surface area contributed by atoms with E-state index in [0.29, 0.717) is 6.42 Å². The van der Waals surface area contributed by atoms with Crippen LogP contribution in [0.3, 0.4) is 0 Å². The summed E-state index contributed by atoms with van der Waals surface area (Å²) in [6.07, 6.45) is 2.49. The van der Waals surface area contributed by atoms with Crippen molar-refractivity contribution in [3.63, 3.8) is 0 Å². The van der Waals surface area contributed by atoms with Crippen molar-refractivity contribution in [2.45, 2.75) is 56.5 Å². The number of piperidine rings is 1. The highest BCUT2D eigenvalue weighted by molar-refractivity contribution is 5.28. The van der Waals surface area contributed by atoms with Gasteiger partial charge in [-0.3, -0.25) is 9.80 Å². The third-order valence-electron chi connectivity index (χ3n) is 7.01. The molecule has 7 nitrogen and oxygen atoms in total. The monoisotopic (exact) mass is 434 g/mol. The minimum Gasteiger partial charge on any atom is -0.494 e. The highest BCUT2D eigenvalue weighted by atomic mass is 16.5. The van der Waals surface area contributed by atoms with Crippen LogP contribution in [-0.4, -0.2) is 96.5 Å². The Balaban J connectivity index is 1.20. The molecule has 4 rings (SSSR count). The highest BCUT2D eigenvalue weighted by Crippen LogP contribution is 2.39. The van der Waals surface area contributed by atoms with E-state index in [1.54, 1.807) is 6.92 Å². The lowest BCUT2D eigenvalue weighted by atomic mass is 9.76. The fraction of sp³-hybridized carbons (Fsp3) is 0.750. The number of rotatable bonds is 7. The first-order valence-corrected chi connectivity index (χ1v) is 11.7. The molecule has 0 bridgehead atoms. The molecule has 31 heavy (non-hydrogen) atoms. The van der Waals surface area contributed by atoms with Crippen LogP contribution in [0.2, 0.25) is 0 Å². The Bertz CT molecular complexity index is 699. The smallest absolute Gasteiger partial charge is 0.119 e. The molecule has 3 aliphatic rings. The molecule has 0 radical (unpaired) electrons. The Kier molecular flexibility index (Phi) is 7.52. The van der Waals surface area contributed by atoms with Gasteiger partial charge in [0, 0.05) is 45.7 Å². The van der Waals surface area contributed by atoms with Gasteiger partial charge in [-0.15, -0.1) is 0 Å². The molecule has 1 spiro atoms. The number of aliphatic hydroxyl groups excluding tert-OH is 1. The lowest BCUT2D eigenvalue weighted by Gasteiger charge is -2.50. The zero-order chi connectivity index (χ0) is 21.7. The van der Waals surface area contributed by atoms with Crippen LogP contribution in [0.1, 0.15) is 38.2 Å². The van der Waals surface area contributed by atoms with Gasteiger partial charge in [0.25, 0.3) is 0 Å². The molecule has 0 unspecified atom stereocenters. The van der Waals surface area contributed by atoms with Crippen molar-refractivity contribution in [3.8, 4) is 5.75 Å². The van der Waals surface area contributed by atoms with E-state index in [1.165, 1.54) is 5.56 Å². The second kappa shape index (κ2) is 10.1. The number of ether oxygens (including phenoxy) is 3. The Hall–Kier alpha value is -1.22. The molecule has 3 heterocycles. The third-order valence-corrected chi connectivity index (χ3v) is 7.01. The first kappa shape index (κ1) is 23.0. The molecule has 0 saturated carbocycles. The number of hydrogen-bond donors (Lipinski definition) is 2. The fourth-order valence-corrected chi connectivity index (χ4v) is 4.99. The average Bonchev–Trinajstić information content (AvgIpc) is 2.77. The SMILES string of the molecule is C[C@]1(O)CC2(CCN(Cc3cccc(OCCCN4CCOCC4)c3)CC2)OC[C@@H]1O. The highest BCUT2D eigenvalue weighted by Gasteiger charge is 2.48. The Morgan fingerprint density at radius 1 is 1.13 bits per heavy atom. The average molecular weight is 435 g/mol. The quantitative estimate of drug-likeness (QED) is 0.632. The maximum atomic E-state index is 10.5. The van der Waals surface area contributed by atoms with Crippen LogP contribution in [0, 0.1) is 0 Å². The second-order valence-corrected chi connectivity index (χ2v) is 9.62. The summed E-state index contributed by atoms with van der Waals surface area (Å²) in [5.74, 6) is 0.939. The van der Waals surface area contributed by atoms with Crippen molar-refractivity contribution in [3.05, 3.63) is 29.8 Å². The molecule has 3 aliphatic heterocycles. The van der Waals surface area contributed by atoms with E-state index in [0.717, 1.165) is 84.1 Å². The first-order chi connectivity index (χ1) is 14.9. The molecular weight excluding hydrogens is 396 g/mol. The minimum atomic E-state index is -1.06. The standard InChI is InChI=1S/C24H38N2O5/c1-23(28)19-24(31-18-22(23)27)6-9-26(10-7-24)17-20-4-2-5-21(16-20)30-13-3-8-25-11-14-29-15-12-25/h2,4-5,16,22,27-28H,3,6-15,17-19H2,1H3/t22-,23-/m0/s1. The van der Waals surface area contributed by atoms with Gasteiger partial charge in [-0.25, -0.2) is 0 Å². The van der Waals surface area contributed by atoms with Crippen molar-refractivity contribution < 1.29 is 24.4 Å². The fourth-order valence-electron chi connectivity index (χ4n) is 4.99. The lowest BCUT2D eigenvalue weighted by molar-refractivity contribution is -0.223. The number of nitrogens with zero attached hydrogens (tertiary/aromatic N) is 2. The third kappa shape index (κ3) is 6.18. The van der Waals surface area contributed by atoms with Crippen LogP contribution in [0.5, 0.6) is 5.75 Å². The summed E-state index contributed by atoms with van der Waals surface area (Å²) in [4.78, 5) is 4.87. The van der Waals surface area contributed by atoms with E-state index >= 15 is 0 Å². The Morgan fingerprint density at radius 3 is 2.65 bits per heavy atom. The minimum absolute atomic E-state index is 0.220. The number of morpholine rings is 1. The Morgan fingerprint density at radius 2 is 1.90 bits per heavy atom. The van der Waals surface area contributed by atoms with Gasteiger partial charge in [-0.2, -0.15) is 0 Å². The molecule has 7 heteroatoms. The van der Waals surface area contributed by atoms with Crippen molar-refractivity contribution in [1.82, 2.24) is 9.80 Å². The van der Waals surface area contributed by atoms with Gasteiger partial charge in [-0.1, -0.05) is 12.1 Å². The van der Waals surface area contributed by atoms with E-state index < -0.39 is 11.7 Å². The normalized spacial score (nSPS) is 29.8. The van der Waals surface area contributed by atoms with Crippen molar-refractivity contribution in [1.29, 1.82) is 0 Å². The zero-order valence-electron chi connectivity index (χ0n) is 18.8. The molecule has 1 aromatic carbocycles. The second-order valence-electron chi connectivity index (χ2n) is 9.62. The summed E-state index contributed by atoms with van der Waals surface area (Å²) >= 11 is 0. The van der Waals surface area contributed by atoms with Gasteiger partial charge >= 0.3 is 0 Å². The molecular formula is C24H38N2O5. The number of aliphatic hydroxyl groups is 2. The van der Waals surface area contributed by atoms with Crippen LogP contribution in [0.4, 0.5) is 0 Å². The molecule has 1 aromatic rings. The molecule has 3 saturated heterocycles. The number of likely N-dealkylation sites (tertiary alicyclic amines) is 1. The topological polar surface area (TPSA) is 74.6 Å². The summed E-state index contributed by atoms with van der Waals surface area (Å²) in [6, 6.07) is 8.41. The summed E-state index contributed by atoms with van der Waals surface area (Å²) in [7, 11) is 0. The Labute approximate surface area is 185 Å². The molecule has 3 fully saturated rings. The van der Waals surface area contributed by atoms with E-state index in [1.807, 2.05) is 6.07 Å². The summed E-state index contributed by atoms with van der Waals surface area (Å²) in [5, 5.41) is 20.5. The van der Waals surface area contributed by atoms with Crippen LogP contribution in [0.15, 0.2) is 24.3 Å². The maximum Gasteiger partial charge on any atom is 0.119 e. The van der Waals surface area contributed by atoms with E-state index in [4.69, 9.17) is 14.2 Å². The number of benzene rings is 1. The maximum absolute atomic E-state index is 10.5. The van der Waals surface area contributed by atoms with E-state index in [-0.39, 0.29) is 12.2 Å². The van der Waals surface area contributed by atoms with Crippen LogP contribution in [-0.2, 0) is 16.0 Å². The first-order valence-electron chi connectivity index (χ1n) is 11.7. The molecule has 2 N–H and O–H groups in total. The molecule has 2 atom stereocenters. The van der Waals surface area contributed by atoms with Crippen LogP contribution >= 0.6 is 0 Å². The molecule has 174 valence electrons. The molecule has 0 aliphatic carbocycles. The van der Waals surface area contributed by atoms with Crippen molar-refractivity contribution in [2.24, 2.45) is 0 Å². The lowest BCUT2D eigenvalue weighted by Crippen LogP contribution is -2.59. The van der Waals surface area contributed by atoms with Gasteiger partial charge < -0.3 is 24.4 Å². The van der Waals surface area contributed by atoms with Gasteiger partial charge in [0.05, 0.1) is 37.6 Å². The molecule has 0 amide bonds. The zero-order valence-corrected chi connectivity index (χ0v) is 18.8.